The highest BCUT2D eigenvalue weighted by atomic mass is 19.4. The first-order chi connectivity index (χ1) is 13.5. The molecule has 13 heteroatoms. The van der Waals surface area contributed by atoms with Crippen LogP contribution in [0.2, 0.25) is 0 Å². The summed E-state index contributed by atoms with van der Waals surface area (Å²) in [6.07, 6.45) is -17.4. The van der Waals surface area contributed by atoms with Crippen LogP contribution in [0.1, 0.15) is 21.5 Å². The summed E-state index contributed by atoms with van der Waals surface area (Å²) in [6, 6.07) is 2.95. The molecule has 0 aliphatic rings. The smallest absolute Gasteiger partial charge is 0.369 e. The summed E-state index contributed by atoms with van der Waals surface area (Å²) < 4.78 is 130. The predicted octanol–water partition coefficient (Wildman–Crippen LogP) is 5.41. The molecule has 0 unspecified atom stereocenters. The molecule has 0 bridgehead atoms. The monoisotopic (exact) mass is 449 g/mol. The summed E-state index contributed by atoms with van der Waals surface area (Å²) in [5.74, 6) is -3.20. The van der Waals surface area contributed by atoms with Crippen molar-refractivity contribution in [1.29, 1.82) is 0 Å². The molecule has 2 N–H and O–H groups in total. The molecule has 0 aliphatic heterocycles. The van der Waals surface area contributed by atoms with Gasteiger partial charge in [-0.25, -0.2) is 4.39 Å². The maximum Gasteiger partial charge on any atom is 0.430 e. The Bertz CT molecular complexity index is 916. The highest BCUT2D eigenvalue weighted by Gasteiger charge is 2.71. The number of benzene rings is 2. The van der Waals surface area contributed by atoms with Crippen molar-refractivity contribution in [2.45, 2.75) is 24.1 Å². The van der Waals surface area contributed by atoms with E-state index in [1.54, 1.807) is 5.32 Å². The van der Waals surface area contributed by atoms with Crippen molar-refractivity contribution in [2.24, 2.45) is 0 Å². The lowest BCUT2D eigenvalue weighted by molar-refractivity contribution is -0.376. The molecule has 0 saturated carbocycles. The second-order valence-corrected chi connectivity index (χ2v) is 5.90. The number of rotatable bonds is 3. The zero-order valence-corrected chi connectivity index (χ0v) is 14.2. The Morgan fingerprint density at radius 1 is 0.800 bits per heavy atom. The molecular weight excluding hydrogens is 440 g/mol. The summed E-state index contributed by atoms with van der Waals surface area (Å²) in [5.41, 5.74) is -10.5. The van der Waals surface area contributed by atoms with Crippen LogP contribution in [0.5, 0.6) is 0 Å². The van der Waals surface area contributed by atoms with Gasteiger partial charge in [-0.2, -0.15) is 39.5 Å². The standard InChI is InChI=1S/C17H9F10NO2/c18-11-3-1-2-10(15(19,20)21)12(11)13(29)28-9-6-4-8(5-7-9)14(30,16(22,23)24)17(25,26)27/h1-7,30H,(H,28,29). The number of hydrogen-bond donors (Lipinski definition) is 2. The van der Waals surface area contributed by atoms with Gasteiger partial charge in [0.1, 0.15) is 5.82 Å². The van der Waals surface area contributed by atoms with Crippen LogP contribution in [-0.2, 0) is 11.8 Å². The SMILES string of the molecule is O=C(Nc1ccc(C(O)(C(F)(F)F)C(F)(F)F)cc1)c1c(F)cccc1C(F)(F)F. The summed E-state index contributed by atoms with van der Waals surface area (Å²) in [7, 11) is 0. The summed E-state index contributed by atoms with van der Waals surface area (Å²) >= 11 is 0. The minimum absolute atomic E-state index is 0.169. The van der Waals surface area contributed by atoms with Crippen LogP contribution in [0.4, 0.5) is 49.6 Å². The van der Waals surface area contributed by atoms with Crippen LogP contribution in [0.3, 0.4) is 0 Å². The van der Waals surface area contributed by atoms with E-state index in [-0.39, 0.29) is 12.1 Å². The Kier molecular flexibility index (Phi) is 5.82. The average Bonchev–Trinajstić information content (AvgIpc) is 2.58. The average molecular weight is 449 g/mol. The number of amides is 1. The van der Waals surface area contributed by atoms with Crippen molar-refractivity contribution in [2.75, 3.05) is 5.32 Å². The van der Waals surface area contributed by atoms with Gasteiger partial charge in [0.25, 0.3) is 11.5 Å². The van der Waals surface area contributed by atoms with Crippen LogP contribution in [0, 0.1) is 5.82 Å². The van der Waals surface area contributed by atoms with E-state index in [0.29, 0.717) is 30.3 Å². The molecule has 0 atom stereocenters. The van der Waals surface area contributed by atoms with Crippen molar-refractivity contribution in [3.63, 3.8) is 0 Å². The fraction of sp³-hybridized carbons (Fsp3) is 0.235. The molecule has 2 aromatic carbocycles. The molecule has 0 fully saturated rings. The number of carbonyl (C=O) groups excluding carboxylic acids is 1. The second-order valence-electron chi connectivity index (χ2n) is 5.90. The van der Waals surface area contributed by atoms with E-state index in [0.717, 1.165) is 0 Å². The van der Waals surface area contributed by atoms with Gasteiger partial charge in [-0.1, -0.05) is 18.2 Å². The van der Waals surface area contributed by atoms with E-state index in [1.807, 2.05) is 0 Å². The lowest BCUT2D eigenvalue weighted by Crippen LogP contribution is -2.53. The van der Waals surface area contributed by atoms with Crippen molar-refractivity contribution in [3.8, 4) is 0 Å². The quantitative estimate of drug-likeness (QED) is 0.616. The molecular formula is C17H9F10NO2. The van der Waals surface area contributed by atoms with E-state index < -0.39 is 58.2 Å². The van der Waals surface area contributed by atoms with E-state index >= 15 is 0 Å². The van der Waals surface area contributed by atoms with Gasteiger partial charge in [-0.3, -0.25) is 4.79 Å². The summed E-state index contributed by atoms with van der Waals surface area (Å²) in [4.78, 5) is 12.0. The molecule has 0 aromatic heterocycles. The normalized spacial score (nSPS) is 13.3. The zero-order chi connectivity index (χ0) is 23.1. The Morgan fingerprint density at radius 2 is 1.30 bits per heavy atom. The molecule has 2 rings (SSSR count). The first-order valence-electron chi connectivity index (χ1n) is 7.63. The number of carbonyl (C=O) groups is 1. The lowest BCUT2D eigenvalue weighted by atomic mass is 9.92. The van der Waals surface area contributed by atoms with Gasteiger partial charge < -0.3 is 10.4 Å². The van der Waals surface area contributed by atoms with Crippen LogP contribution >= 0.6 is 0 Å². The van der Waals surface area contributed by atoms with Crippen molar-refractivity contribution in [1.82, 2.24) is 0 Å². The number of aliphatic hydroxyl groups is 1. The minimum atomic E-state index is -6.15. The van der Waals surface area contributed by atoms with Crippen LogP contribution in [0.15, 0.2) is 42.5 Å². The van der Waals surface area contributed by atoms with Gasteiger partial charge in [-0.15, -0.1) is 0 Å². The Hall–Kier alpha value is -2.83. The molecule has 30 heavy (non-hydrogen) atoms. The van der Waals surface area contributed by atoms with Gasteiger partial charge in [0, 0.05) is 11.3 Å². The van der Waals surface area contributed by atoms with Gasteiger partial charge in [-0.05, 0) is 24.3 Å². The third kappa shape index (κ3) is 4.20. The number of anilines is 1. The van der Waals surface area contributed by atoms with E-state index in [9.17, 15) is 53.8 Å². The van der Waals surface area contributed by atoms with Crippen LogP contribution < -0.4 is 5.32 Å². The van der Waals surface area contributed by atoms with Crippen molar-refractivity contribution in [3.05, 3.63) is 65.0 Å². The van der Waals surface area contributed by atoms with Gasteiger partial charge >= 0.3 is 18.5 Å². The fourth-order valence-electron chi connectivity index (χ4n) is 2.47. The Balaban J connectivity index is 2.39. The largest absolute Gasteiger partial charge is 0.430 e. The number of nitrogens with one attached hydrogen (secondary N) is 1. The molecule has 0 radical (unpaired) electrons. The van der Waals surface area contributed by atoms with Gasteiger partial charge in [0.15, 0.2) is 0 Å². The highest BCUT2D eigenvalue weighted by molar-refractivity contribution is 6.05. The summed E-state index contributed by atoms with van der Waals surface area (Å²) in [5, 5.41) is 11.0. The predicted molar refractivity (Wildman–Crippen MR) is 81.8 cm³/mol. The van der Waals surface area contributed by atoms with Crippen molar-refractivity contribution < 1.29 is 53.8 Å². The third-order valence-corrected chi connectivity index (χ3v) is 3.93. The molecule has 0 aliphatic carbocycles. The molecule has 0 spiro atoms. The topological polar surface area (TPSA) is 49.3 Å². The Morgan fingerprint density at radius 3 is 1.73 bits per heavy atom. The van der Waals surface area contributed by atoms with Gasteiger partial charge in [0.2, 0.25) is 0 Å². The molecule has 1 amide bonds. The molecule has 0 heterocycles. The molecule has 3 nitrogen and oxygen atoms in total. The first-order valence-corrected chi connectivity index (χ1v) is 7.63. The number of hydrogen-bond acceptors (Lipinski definition) is 2. The second kappa shape index (κ2) is 7.45. The van der Waals surface area contributed by atoms with Crippen molar-refractivity contribution >= 4 is 11.6 Å². The van der Waals surface area contributed by atoms with Crippen LogP contribution in [-0.4, -0.2) is 23.4 Å². The fourth-order valence-corrected chi connectivity index (χ4v) is 2.47. The van der Waals surface area contributed by atoms with E-state index in [2.05, 4.69) is 0 Å². The summed E-state index contributed by atoms with van der Waals surface area (Å²) in [6.45, 7) is 0. The Labute approximate surface area is 160 Å². The molecule has 0 saturated heterocycles. The first kappa shape index (κ1) is 23.4. The molecule has 2 aromatic rings. The third-order valence-electron chi connectivity index (χ3n) is 3.93. The number of alkyl halides is 9. The van der Waals surface area contributed by atoms with E-state index in [1.165, 1.54) is 0 Å². The minimum Gasteiger partial charge on any atom is -0.369 e. The number of halogens is 10. The van der Waals surface area contributed by atoms with Gasteiger partial charge in [0.05, 0.1) is 11.1 Å². The zero-order valence-electron chi connectivity index (χ0n) is 14.2. The van der Waals surface area contributed by atoms with Crippen LogP contribution in [0.25, 0.3) is 0 Å². The maximum atomic E-state index is 13.8. The highest BCUT2D eigenvalue weighted by Crippen LogP contribution is 2.50. The lowest BCUT2D eigenvalue weighted by Gasteiger charge is -2.32. The van der Waals surface area contributed by atoms with E-state index in [4.69, 9.17) is 0 Å². The maximum absolute atomic E-state index is 13.8. The molecule has 164 valence electrons.